The minimum Gasteiger partial charge on any atom is -0.372 e. The first-order valence-corrected chi connectivity index (χ1v) is 9.79. The number of aromatic nitrogens is 1. The van der Waals surface area contributed by atoms with E-state index in [2.05, 4.69) is 32.2 Å². The van der Waals surface area contributed by atoms with Gasteiger partial charge < -0.3 is 20.0 Å². The summed E-state index contributed by atoms with van der Waals surface area (Å²) in [5.74, 6) is -0.171. The minimum absolute atomic E-state index is 0.171. The third kappa shape index (κ3) is 4.08. The van der Waals surface area contributed by atoms with Gasteiger partial charge in [-0.3, -0.25) is 14.6 Å². The van der Waals surface area contributed by atoms with Crippen molar-refractivity contribution in [2.24, 2.45) is 0 Å². The van der Waals surface area contributed by atoms with Crippen molar-refractivity contribution >= 4 is 29.4 Å². The van der Waals surface area contributed by atoms with E-state index in [4.69, 9.17) is 0 Å². The number of rotatable bonds is 5. The van der Waals surface area contributed by atoms with Crippen LogP contribution in [0.1, 0.15) is 23.2 Å². The summed E-state index contributed by atoms with van der Waals surface area (Å²) < 4.78 is 0. The van der Waals surface area contributed by atoms with Crippen molar-refractivity contribution in [1.29, 1.82) is 0 Å². The van der Waals surface area contributed by atoms with E-state index in [0.717, 1.165) is 44.0 Å². The smallest absolute Gasteiger partial charge is 0.257 e. The highest BCUT2D eigenvalue weighted by Crippen LogP contribution is 2.23. The van der Waals surface area contributed by atoms with Crippen LogP contribution >= 0.6 is 0 Å². The minimum atomic E-state index is -0.171. The Bertz CT molecular complexity index is 825. The lowest BCUT2D eigenvalue weighted by Gasteiger charge is -2.34. The van der Waals surface area contributed by atoms with Gasteiger partial charge in [0.25, 0.3) is 5.91 Å². The van der Waals surface area contributed by atoms with Crippen molar-refractivity contribution in [3.63, 3.8) is 0 Å². The fourth-order valence-electron chi connectivity index (χ4n) is 3.74. The van der Waals surface area contributed by atoms with Crippen molar-refractivity contribution in [2.45, 2.75) is 12.8 Å². The van der Waals surface area contributed by atoms with E-state index in [1.807, 2.05) is 18.2 Å². The number of carbonyl (C=O) groups is 2. The first-order valence-electron chi connectivity index (χ1n) is 9.79. The fraction of sp³-hybridized carbons (Fsp3) is 0.381. The second-order valence-electron chi connectivity index (χ2n) is 7.26. The number of amides is 2. The molecule has 2 aromatic rings. The molecular formula is C21H25N5O2. The van der Waals surface area contributed by atoms with Gasteiger partial charge in [0.15, 0.2) is 0 Å². The van der Waals surface area contributed by atoms with Crippen molar-refractivity contribution in [3.8, 4) is 0 Å². The lowest BCUT2D eigenvalue weighted by molar-refractivity contribution is -0.118. The summed E-state index contributed by atoms with van der Waals surface area (Å²) in [6, 6.07) is 9.87. The molecule has 2 fully saturated rings. The maximum Gasteiger partial charge on any atom is 0.257 e. The van der Waals surface area contributed by atoms with Crippen LogP contribution in [0.15, 0.2) is 42.7 Å². The molecule has 0 bridgehead atoms. The predicted octanol–water partition coefficient (Wildman–Crippen LogP) is 2.21. The Morgan fingerprint density at radius 3 is 2.25 bits per heavy atom. The monoisotopic (exact) mass is 379 g/mol. The molecule has 0 atom stereocenters. The van der Waals surface area contributed by atoms with Gasteiger partial charge in [-0.2, -0.15) is 0 Å². The Labute approximate surface area is 164 Å². The molecule has 3 heterocycles. The van der Waals surface area contributed by atoms with Crippen LogP contribution in [0.5, 0.6) is 0 Å². The molecule has 1 aromatic carbocycles. The van der Waals surface area contributed by atoms with Crippen LogP contribution in [0.3, 0.4) is 0 Å². The SMILES string of the molecule is O=CN1CCN(c2cncc(C(=O)Nc3ccc(N4CCCC4)cc3)c2)CC1. The first-order chi connectivity index (χ1) is 13.7. The Balaban J connectivity index is 1.40. The summed E-state index contributed by atoms with van der Waals surface area (Å²) in [5.41, 5.74) is 3.41. The Morgan fingerprint density at radius 1 is 0.893 bits per heavy atom. The number of nitrogens with zero attached hydrogens (tertiary/aromatic N) is 4. The van der Waals surface area contributed by atoms with Crippen LogP contribution in [-0.2, 0) is 4.79 Å². The van der Waals surface area contributed by atoms with E-state index in [1.165, 1.54) is 18.5 Å². The lowest BCUT2D eigenvalue weighted by Crippen LogP contribution is -2.45. The number of hydrogen-bond acceptors (Lipinski definition) is 5. The highest BCUT2D eigenvalue weighted by atomic mass is 16.1. The van der Waals surface area contributed by atoms with Gasteiger partial charge in [-0.1, -0.05) is 0 Å². The van der Waals surface area contributed by atoms with Crippen LogP contribution in [0, 0.1) is 0 Å². The van der Waals surface area contributed by atoms with Gasteiger partial charge in [-0.15, -0.1) is 0 Å². The second-order valence-corrected chi connectivity index (χ2v) is 7.26. The van der Waals surface area contributed by atoms with Gasteiger partial charge in [-0.25, -0.2) is 0 Å². The average Bonchev–Trinajstić information content (AvgIpc) is 3.29. The van der Waals surface area contributed by atoms with E-state index < -0.39 is 0 Å². The van der Waals surface area contributed by atoms with Gasteiger partial charge in [0, 0.05) is 56.8 Å². The molecule has 2 amide bonds. The molecule has 4 rings (SSSR count). The largest absolute Gasteiger partial charge is 0.372 e. The van der Waals surface area contributed by atoms with Gasteiger partial charge in [0.1, 0.15) is 0 Å². The molecule has 2 aliphatic rings. The maximum absolute atomic E-state index is 12.7. The average molecular weight is 379 g/mol. The van der Waals surface area contributed by atoms with Gasteiger partial charge >= 0.3 is 0 Å². The number of pyridine rings is 1. The van der Waals surface area contributed by atoms with E-state index >= 15 is 0 Å². The number of benzene rings is 1. The predicted molar refractivity (Wildman–Crippen MR) is 110 cm³/mol. The van der Waals surface area contributed by atoms with E-state index in [-0.39, 0.29) is 5.91 Å². The molecule has 0 spiro atoms. The van der Waals surface area contributed by atoms with Crippen molar-refractivity contribution in [1.82, 2.24) is 9.88 Å². The summed E-state index contributed by atoms with van der Waals surface area (Å²) in [4.78, 5) is 34.0. The molecule has 7 nitrogen and oxygen atoms in total. The van der Waals surface area contributed by atoms with Crippen LogP contribution in [-0.4, -0.2) is 61.5 Å². The summed E-state index contributed by atoms with van der Waals surface area (Å²) in [5, 5.41) is 2.95. The number of hydrogen-bond donors (Lipinski definition) is 1. The second kappa shape index (κ2) is 8.29. The van der Waals surface area contributed by atoms with Gasteiger partial charge in [-0.05, 0) is 43.2 Å². The van der Waals surface area contributed by atoms with Crippen LogP contribution in [0.4, 0.5) is 17.1 Å². The summed E-state index contributed by atoms with van der Waals surface area (Å²) >= 11 is 0. The molecular weight excluding hydrogens is 354 g/mol. The molecule has 146 valence electrons. The molecule has 0 unspecified atom stereocenters. The topological polar surface area (TPSA) is 68.8 Å². The molecule has 2 aliphatic heterocycles. The maximum atomic E-state index is 12.7. The van der Waals surface area contributed by atoms with Crippen molar-refractivity contribution < 1.29 is 9.59 Å². The Kier molecular flexibility index (Phi) is 5.41. The molecule has 0 aliphatic carbocycles. The third-order valence-corrected chi connectivity index (χ3v) is 5.41. The van der Waals surface area contributed by atoms with Crippen LogP contribution in [0.25, 0.3) is 0 Å². The zero-order valence-corrected chi connectivity index (χ0v) is 15.9. The highest BCUT2D eigenvalue weighted by molar-refractivity contribution is 6.04. The zero-order valence-electron chi connectivity index (χ0n) is 15.9. The van der Waals surface area contributed by atoms with Gasteiger partial charge in [0.2, 0.25) is 6.41 Å². The molecule has 1 N–H and O–H groups in total. The summed E-state index contributed by atoms with van der Waals surface area (Å²) in [6.07, 6.45) is 6.71. The number of anilines is 3. The third-order valence-electron chi connectivity index (χ3n) is 5.41. The number of carbonyl (C=O) groups excluding carboxylic acids is 2. The van der Waals surface area contributed by atoms with Crippen molar-refractivity contribution in [3.05, 3.63) is 48.3 Å². The van der Waals surface area contributed by atoms with Crippen LogP contribution in [0.2, 0.25) is 0 Å². The van der Waals surface area contributed by atoms with E-state index in [9.17, 15) is 9.59 Å². The Hall–Kier alpha value is -3.09. The van der Waals surface area contributed by atoms with E-state index in [0.29, 0.717) is 18.7 Å². The number of piperazine rings is 1. The fourth-order valence-corrected chi connectivity index (χ4v) is 3.74. The molecule has 0 radical (unpaired) electrons. The summed E-state index contributed by atoms with van der Waals surface area (Å²) in [6.45, 7) is 5.05. The Morgan fingerprint density at radius 2 is 1.57 bits per heavy atom. The molecule has 0 saturated carbocycles. The molecule has 1 aromatic heterocycles. The normalized spacial score (nSPS) is 16.9. The van der Waals surface area contributed by atoms with Gasteiger partial charge in [0.05, 0.1) is 17.4 Å². The molecule has 28 heavy (non-hydrogen) atoms. The standard InChI is InChI=1S/C21H25N5O2/c27-16-24-9-11-26(12-10-24)20-13-17(14-22-15-20)21(28)23-18-3-5-19(6-4-18)25-7-1-2-8-25/h3-6,13-16H,1-2,7-12H2,(H,23,28). The zero-order chi connectivity index (χ0) is 19.3. The van der Waals surface area contributed by atoms with Crippen molar-refractivity contribution in [2.75, 3.05) is 54.4 Å². The van der Waals surface area contributed by atoms with Crippen LogP contribution < -0.4 is 15.1 Å². The highest BCUT2D eigenvalue weighted by Gasteiger charge is 2.17. The lowest BCUT2D eigenvalue weighted by atomic mass is 10.2. The summed E-state index contributed by atoms with van der Waals surface area (Å²) in [7, 11) is 0. The quantitative estimate of drug-likeness (QED) is 0.807. The molecule has 7 heteroatoms. The first kappa shape index (κ1) is 18.3. The number of nitrogens with one attached hydrogen (secondary N) is 1. The van der Waals surface area contributed by atoms with E-state index in [1.54, 1.807) is 17.3 Å². The molecule has 2 saturated heterocycles.